The van der Waals surface area contributed by atoms with Crippen molar-refractivity contribution >= 4 is 10.9 Å². The van der Waals surface area contributed by atoms with Gasteiger partial charge in [0, 0.05) is 7.05 Å². The number of hydrogen-bond donors (Lipinski definition) is 1. The van der Waals surface area contributed by atoms with Gasteiger partial charge in [-0.3, -0.25) is 9.36 Å². The standard InChI is InChI=1S/C11H13N3O.C2H6/c1-7(12)10-13-9-6-4-3-5-8(9)11(15)14(10)2;1-2/h3-7H,12H2,1-2H3;1-2H3. The zero-order valence-electron chi connectivity index (χ0n) is 10.8. The molecule has 2 N–H and O–H groups in total. The zero-order chi connectivity index (χ0) is 13.0. The van der Waals surface area contributed by atoms with E-state index in [4.69, 9.17) is 5.73 Å². The molecule has 0 aliphatic carbocycles. The smallest absolute Gasteiger partial charge is 0.261 e. The van der Waals surface area contributed by atoms with Gasteiger partial charge in [-0.2, -0.15) is 0 Å². The number of nitrogens with zero attached hydrogens (tertiary/aromatic N) is 2. The van der Waals surface area contributed by atoms with Crippen LogP contribution in [0.1, 0.15) is 32.6 Å². The summed E-state index contributed by atoms with van der Waals surface area (Å²) in [6.45, 7) is 5.82. The van der Waals surface area contributed by atoms with Crippen molar-refractivity contribution in [3.8, 4) is 0 Å². The molecule has 0 saturated heterocycles. The molecule has 0 fully saturated rings. The molecule has 1 atom stereocenters. The van der Waals surface area contributed by atoms with E-state index in [1.807, 2.05) is 39.0 Å². The third-order valence-electron chi connectivity index (χ3n) is 2.43. The number of para-hydroxylation sites is 1. The fraction of sp³-hybridized carbons (Fsp3) is 0.385. The van der Waals surface area contributed by atoms with Crippen LogP contribution in [0.25, 0.3) is 10.9 Å². The van der Waals surface area contributed by atoms with E-state index in [0.717, 1.165) is 0 Å². The molecule has 17 heavy (non-hydrogen) atoms. The predicted molar refractivity (Wildman–Crippen MR) is 70.9 cm³/mol. The molecule has 4 nitrogen and oxygen atoms in total. The van der Waals surface area contributed by atoms with Gasteiger partial charge < -0.3 is 5.73 Å². The van der Waals surface area contributed by atoms with Crippen LogP contribution in [0.15, 0.2) is 29.1 Å². The van der Waals surface area contributed by atoms with Gasteiger partial charge in [0.2, 0.25) is 0 Å². The average molecular weight is 233 g/mol. The van der Waals surface area contributed by atoms with Crippen molar-refractivity contribution < 1.29 is 0 Å². The molecule has 2 rings (SSSR count). The summed E-state index contributed by atoms with van der Waals surface area (Å²) in [6, 6.07) is 7.04. The number of aromatic nitrogens is 2. The van der Waals surface area contributed by atoms with Crippen molar-refractivity contribution in [3.05, 3.63) is 40.4 Å². The maximum Gasteiger partial charge on any atom is 0.261 e. The van der Waals surface area contributed by atoms with E-state index < -0.39 is 0 Å². The van der Waals surface area contributed by atoms with E-state index >= 15 is 0 Å². The highest BCUT2D eigenvalue weighted by molar-refractivity contribution is 5.77. The predicted octanol–water partition coefficient (Wildman–Crippen LogP) is 1.98. The van der Waals surface area contributed by atoms with E-state index in [0.29, 0.717) is 16.7 Å². The van der Waals surface area contributed by atoms with E-state index in [9.17, 15) is 4.79 Å². The van der Waals surface area contributed by atoms with E-state index in [2.05, 4.69) is 4.98 Å². The van der Waals surface area contributed by atoms with Crippen molar-refractivity contribution in [2.75, 3.05) is 0 Å². The number of rotatable bonds is 1. The molecule has 4 heteroatoms. The monoisotopic (exact) mass is 233 g/mol. The Morgan fingerprint density at radius 1 is 1.29 bits per heavy atom. The lowest BCUT2D eigenvalue weighted by molar-refractivity contribution is 0.656. The average Bonchev–Trinajstić information content (AvgIpc) is 2.36. The molecule has 0 aliphatic heterocycles. The molecule has 1 aromatic carbocycles. The minimum Gasteiger partial charge on any atom is -0.322 e. The first-order chi connectivity index (χ1) is 8.11. The van der Waals surface area contributed by atoms with Crippen LogP contribution >= 0.6 is 0 Å². The zero-order valence-corrected chi connectivity index (χ0v) is 10.8. The van der Waals surface area contributed by atoms with Gasteiger partial charge in [-0.05, 0) is 19.1 Å². The molecule has 1 aromatic heterocycles. The number of benzene rings is 1. The van der Waals surface area contributed by atoms with Crippen LogP contribution < -0.4 is 11.3 Å². The lowest BCUT2D eigenvalue weighted by atomic mass is 10.2. The van der Waals surface area contributed by atoms with Crippen LogP contribution in [0.2, 0.25) is 0 Å². The first kappa shape index (κ1) is 13.4. The molecule has 92 valence electrons. The molecular formula is C13H19N3O. The SMILES string of the molecule is CC.CC(N)c1nc2ccccc2c(=O)n1C. The summed E-state index contributed by atoms with van der Waals surface area (Å²) in [7, 11) is 1.69. The van der Waals surface area contributed by atoms with Crippen LogP contribution in [0.5, 0.6) is 0 Å². The summed E-state index contributed by atoms with van der Waals surface area (Å²) in [5.41, 5.74) is 6.41. The van der Waals surface area contributed by atoms with Gasteiger partial charge in [0.25, 0.3) is 5.56 Å². The van der Waals surface area contributed by atoms with Gasteiger partial charge in [-0.15, -0.1) is 0 Å². The summed E-state index contributed by atoms with van der Waals surface area (Å²) in [5.74, 6) is 0.610. The quantitative estimate of drug-likeness (QED) is 0.819. The van der Waals surface area contributed by atoms with Crippen molar-refractivity contribution in [3.63, 3.8) is 0 Å². The van der Waals surface area contributed by atoms with Crippen molar-refractivity contribution in [1.29, 1.82) is 0 Å². The second kappa shape index (κ2) is 5.59. The highest BCUT2D eigenvalue weighted by Gasteiger charge is 2.10. The van der Waals surface area contributed by atoms with Crippen LogP contribution in [0.4, 0.5) is 0 Å². The Hall–Kier alpha value is -1.68. The maximum atomic E-state index is 11.9. The molecule has 1 heterocycles. The minimum absolute atomic E-state index is 0.0482. The van der Waals surface area contributed by atoms with Gasteiger partial charge in [0.05, 0.1) is 16.9 Å². The van der Waals surface area contributed by atoms with Crippen LogP contribution in [-0.2, 0) is 7.05 Å². The Labute approximate surface area is 101 Å². The Morgan fingerprint density at radius 3 is 2.47 bits per heavy atom. The van der Waals surface area contributed by atoms with Gasteiger partial charge in [-0.25, -0.2) is 4.98 Å². The van der Waals surface area contributed by atoms with Gasteiger partial charge in [0.15, 0.2) is 0 Å². The normalized spacial score (nSPS) is 11.8. The molecule has 0 bridgehead atoms. The Bertz CT molecular complexity index is 558. The van der Waals surface area contributed by atoms with Crippen molar-refractivity contribution in [2.45, 2.75) is 26.8 Å². The molecule has 0 saturated carbocycles. The molecule has 2 aromatic rings. The minimum atomic E-state index is -0.243. The topological polar surface area (TPSA) is 60.9 Å². The molecular weight excluding hydrogens is 214 g/mol. The second-order valence-corrected chi connectivity index (χ2v) is 3.64. The third-order valence-corrected chi connectivity index (χ3v) is 2.43. The van der Waals surface area contributed by atoms with E-state index in [1.165, 1.54) is 4.57 Å². The lowest BCUT2D eigenvalue weighted by Gasteiger charge is -2.11. The Morgan fingerprint density at radius 2 is 1.88 bits per heavy atom. The maximum absolute atomic E-state index is 11.9. The largest absolute Gasteiger partial charge is 0.322 e. The highest BCUT2D eigenvalue weighted by Crippen LogP contribution is 2.10. The summed E-state index contributed by atoms with van der Waals surface area (Å²) < 4.78 is 1.51. The number of fused-ring (bicyclic) bond motifs is 1. The third kappa shape index (κ3) is 2.53. The molecule has 0 aliphatic rings. The second-order valence-electron chi connectivity index (χ2n) is 3.64. The van der Waals surface area contributed by atoms with Crippen molar-refractivity contribution in [1.82, 2.24) is 9.55 Å². The summed E-state index contributed by atoms with van der Waals surface area (Å²) in [6.07, 6.45) is 0. The highest BCUT2D eigenvalue weighted by atomic mass is 16.1. The van der Waals surface area contributed by atoms with E-state index in [1.54, 1.807) is 13.1 Å². The van der Waals surface area contributed by atoms with Crippen LogP contribution in [-0.4, -0.2) is 9.55 Å². The summed E-state index contributed by atoms with van der Waals surface area (Å²) in [5, 5.41) is 0.629. The fourth-order valence-electron chi connectivity index (χ4n) is 1.64. The summed E-state index contributed by atoms with van der Waals surface area (Å²) >= 11 is 0. The molecule has 0 spiro atoms. The van der Waals surface area contributed by atoms with E-state index in [-0.39, 0.29) is 11.6 Å². The van der Waals surface area contributed by atoms with Crippen LogP contribution in [0, 0.1) is 0 Å². The first-order valence-corrected chi connectivity index (χ1v) is 5.82. The molecule has 1 unspecified atom stereocenters. The van der Waals surface area contributed by atoms with Crippen LogP contribution in [0.3, 0.4) is 0 Å². The van der Waals surface area contributed by atoms with Crippen molar-refractivity contribution in [2.24, 2.45) is 12.8 Å². The summed E-state index contributed by atoms with van der Waals surface area (Å²) in [4.78, 5) is 16.3. The Balaban J connectivity index is 0.000000686. The first-order valence-electron chi connectivity index (χ1n) is 5.82. The fourth-order valence-corrected chi connectivity index (χ4v) is 1.64. The van der Waals surface area contributed by atoms with Gasteiger partial charge in [-0.1, -0.05) is 26.0 Å². The number of hydrogen-bond acceptors (Lipinski definition) is 3. The number of nitrogens with two attached hydrogens (primary N) is 1. The Kier molecular flexibility index (Phi) is 4.40. The lowest BCUT2D eigenvalue weighted by Crippen LogP contribution is -2.26. The van der Waals surface area contributed by atoms with Gasteiger partial charge >= 0.3 is 0 Å². The molecule has 0 amide bonds. The molecule has 0 radical (unpaired) electrons. The van der Waals surface area contributed by atoms with Gasteiger partial charge in [0.1, 0.15) is 5.82 Å².